The van der Waals surface area contributed by atoms with E-state index >= 15 is 0 Å². The van der Waals surface area contributed by atoms with Crippen LogP contribution in [0.25, 0.3) is 0 Å². The molecule has 1 aromatic rings. The van der Waals surface area contributed by atoms with E-state index in [4.69, 9.17) is 0 Å². The molecule has 0 radical (unpaired) electrons. The monoisotopic (exact) mass is 235 g/mol. The molecular formula is C13H21N3O. The fraction of sp³-hybridized carbons (Fsp3) is 0.538. The van der Waals surface area contributed by atoms with Gasteiger partial charge in [-0.15, -0.1) is 0 Å². The van der Waals surface area contributed by atoms with E-state index in [9.17, 15) is 4.79 Å². The first kappa shape index (κ1) is 13.5. The van der Waals surface area contributed by atoms with Crippen LogP contribution in [0.3, 0.4) is 0 Å². The summed E-state index contributed by atoms with van der Waals surface area (Å²) in [7, 11) is 0. The van der Waals surface area contributed by atoms with Crippen molar-refractivity contribution in [3.05, 3.63) is 24.0 Å². The standard InChI is InChI=1S/C13H21N3O/c1-5-16(6-2)11-7-8-14-12(9-11)13(17)15-10(3)4/h7-10H,5-6H2,1-4H3,(H,15,17). The molecule has 1 heterocycles. The van der Waals surface area contributed by atoms with Crippen molar-refractivity contribution in [3.63, 3.8) is 0 Å². The van der Waals surface area contributed by atoms with Gasteiger partial charge in [0, 0.05) is 31.0 Å². The fourth-order valence-corrected chi connectivity index (χ4v) is 1.67. The number of rotatable bonds is 5. The third-order valence-corrected chi connectivity index (χ3v) is 2.52. The van der Waals surface area contributed by atoms with Crippen molar-refractivity contribution >= 4 is 11.6 Å². The van der Waals surface area contributed by atoms with Crippen LogP contribution in [0.15, 0.2) is 18.3 Å². The summed E-state index contributed by atoms with van der Waals surface area (Å²) in [6.45, 7) is 9.91. The SMILES string of the molecule is CCN(CC)c1ccnc(C(=O)NC(C)C)c1. The van der Waals surface area contributed by atoms with Gasteiger partial charge in [-0.05, 0) is 39.8 Å². The van der Waals surface area contributed by atoms with Gasteiger partial charge in [0.2, 0.25) is 0 Å². The van der Waals surface area contributed by atoms with Gasteiger partial charge < -0.3 is 10.2 Å². The molecule has 17 heavy (non-hydrogen) atoms. The molecule has 0 aliphatic heterocycles. The molecule has 0 aromatic carbocycles. The third-order valence-electron chi connectivity index (χ3n) is 2.52. The minimum atomic E-state index is -0.117. The van der Waals surface area contributed by atoms with Crippen LogP contribution in [0.4, 0.5) is 5.69 Å². The Bertz CT molecular complexity index is 373. The molecule has 0 saturated heterocycles. The molecule has 0 bridgehead atoms. The Labute approximate surface area is 103 Å². The number of carbonyl (C=O) groups excluding carboxylic acids is 1. The van der Waals surface area contributed by atoms with Gasteiger partial charge in [0.25, 0.3) is 5.91 Å². The Kier molecular flexibility index (Phi) is 4.94. The first-order chi connectivity index (χ1) is 8.08. The van der Waals surface area contributed by atoms with E-state index in [1.54, 1.807) is 6.20 Å². The lowest BCUT2D eigenvalue weighted by Gasteiger charge is -2.21. The second kappa shape index (κ2) is 6.23. The molecular weight excluding hydrogens is 214 g/mol. The van der Waals surface area contributed by atoms with E-state index in [0.29, 0.717) is 5.69 Å². The zero-order valence-electron chi connectivity index (χ0n) is 11.0. The number of anilines is 1. The highest BCUT2D eigenvalue weighted by molar-refractivity contribution is 5.93. The van der Waals surface area contributed by atoms with Gasteiger partial charge in [-0.25, -0.2) is 0 Å². The van der Waals surface area contributed by atoms with Gasteiger partial charge in [-0.3, -0.25) is 9.78 Å². The normalized spacial score (nSPS) is 10.4. The van der Waals surface area contributed by atoms with Crippen LogP contribution in [0.5, 0.6) is 0 Å². The van der Waals surface area contributed by atoms with Gasteiger partial charge in [-0.1, -0.05) is 0 Å². The van der Waals surface area contributed by atoms with Gasteiger partial charge in [0.1, 0.15) is 5.69 Å². The summed E-state index contributed by atoms with van der Waals surface area (Å²) in [6.07, 6.45) is 1.68. The Hall–Kier alpha value is -1.58. The zero-order valence-corrected chi connectivity index (χ0v) is 11.0. The van der Waals surface area contributed by atoms with Gasteiger partial charge >= 0.3 is 0 Å². The maximum atomic E-state index is 11.8. The Morgan fingerprint density at radius 2 is 2.06 bits per heavy atom. The number of hydrogen-bond acceptors (Lipinski definition) is 3. The molecule has 1 rings (SSSR count). The molecule has 0 spiro atoms. The van der Waals surface area contributed by atoms with Crippen molar-refractivity contribution in [2.45, 2.75) is 33.7 Å². The first-order valence-electron chi connectivity index (χ1n) is 6.10. The number of carbonyl (C=O) groups is 1. The zero-order chi connectivity index (χ0) is 12.8. The van der Waals surface area contributed by atoms with Crippen LogP contribution in [-0.2, 0) is 0 Å². The minimum absolute atomic E-state index is 0.117. The van der Waals surface area contributed by atoms with Crippen LogP contribution >= 0.6 is 0 Å². The first-order valence-corrected chi connectivity index (χ1v) is 6.10. The summed E-state index contributed by atoms with van der Waals surface area (Å²) in [6, 6.07) is 3.89. The van der Waals surface area contributed by atoms with E-state index in [1.165, 1.54) is 0 Å². The molecule has 0 saturated carbocycles. The average Bonchev–Trinajstić information content (AvgIpc) is 2.30. The second-order valence-corrected chi connectivity index (χ2v) is 4.20. The van der Waals surface area contributed by atoms with Crippen LogP contribution in [-0.4, -0.2) is 30.0 Å². The molecule has 1 aromatic heterocycles. The summed E-state index contributed by atoms with van der Waals surface area (Å²) in [5.74, 6) is -0.117. The molecule has 94 valence electrons. The molecule has 1 amide bonds. The highest BCUT2D eigenvalue weighted by atomic mass is 16.1. The van der Waals surface area contributed by atoms with E-state index in [0.717, 1.165) is 18.8 Å². The topological polar surface area (TPSA) is 45.2 Å². The van der Waals surface area contributed by atoms with Crippen molar-refractivity contribution in [2.75, 3.05) is 18.0 Å². The van der Waals surface area contributed by atoms with E-state index < -0.39 is 0 Å². The van der Waals surface area contributed by atoms with E-state index in [2.05, 4.69) is 29.0 Å². The third kappa shape index (κ3) is 3.73. The van der Waals surface area contributed by atoms with Crippen molar-refractivity contribution in [1.29, 1.82) is 0 Å². The van der Waals surface area contributed by atoms with Gasteiger partial charge in [0.05, 0.1) is 0 Å². The van der Waals surface area contributed by atoms with Crippen molar-refractivity contribution in [2.24, 2.45) is 0 Å². The van der Waals surface area contributed by atoms with E-state index in [-0.39, 0.29) is 11.9 Å². The van der Waals surface area contributed by atoms with Crippen LogP contribution in [0.2, 0.25) is 0 Å². The number of nitrogens with zero attached hydrogens (tertiary/aromatic N) is 2. The largest absolute Gasteiger partial charge is 0.372 e. The van der Waals surface area contributed by atoms with Crippen molar-refractivity contribution < 1.29 is 4.79 Å². The Balaban J connectivity index is 2.88. The Morgan fingerprint density at radius 3 is 2.59 bits per heavy atom. The van der Waals surface area contributed by atoms with Gasteiger partial charge in [0.15, 0.2) is 0 Å². The van der Waals surface area contributed by atoms with Crippen LogP contribution in [0, 0.1) is 0 Å². The molecule has 0 aliphatic carbocycles. The number of hydrogen-bond donors (Lipinski definition) is 1. The number of pyridine rings is 1. The maximum Gasteiger partial charge on any atom is 0.270 e. The molecule has 0 fully saturated rings. The lowest BCUT2D eigenvalue weighted by molar-refractivity contribution is 0.0938. The van der Waals surface area contributed by atoms with Crippen molar-refractivity contribution in [3.8, 4) is 0 Å². The molecule has 0 aliphatic rings. The molecule has 4 nitrogen and oxygen atoms in total. The van der Waals surface area contributed by atoms with E-state index in [1.807, 2.05) is 26.0 Å². The Morgan fingerprint density at radius 1 is 1.41 bits per heavy atom. The van der Waals surface area contributed by atoms with Crippen LogP contribution in [0.1, 0.15) is 38.2 Å². The summed E-state index contributed by atoms with van der Waals surface area (Å²) in [5.41, 5.74) is 1.52. The summed E-state index contributed by atoms with van der Waals surface area (Å²) in [5, 5.41) is 2.84. The summed E-state index contributed by atoms with van der Waals surface area (Å²) < 4.78 is 0. The average molecular weight is 235 g/mol. The molecule has 0 atom stereocenters. The fourth-order valence-electron chi connectivity index (χ4n) is 1.67. The number of aromatic nitrogens is 1. The van der Waals surface area contributed by atoms with Crippen molar-refractivity contribution in [1.82, 2.24) is 10.3 Å². The highest BCUT2D eigenvalue weighted by Gasteiger charge is 2.10. The smallest absolute Gasteiger partial charge is 0.270 e. The lowest BCUT2D eigenvalue weighted by Crippen LogP contribution is -2.31. The summed E-state index contributed by atoms with van der Waals surface area (Å²) >= 11 is 0. The van der Waals surface area contributed by atoms with Gasteiger partial charge in [-0.2, -0.15) is 0 Å². The quantitative estimate of drug-likeness (QED) is 0.849. The second-order valence-electron chi connectivity index (χ2n) is 4.20. The molecule has 1 N–H and O–H groups in total. The highest BCUT2D eigenvalue weighted by Crippen LogP contribution is 2.14. The predicted molar refractivity (Wildman–Crippen MR) is 70.4 cm³/mol. The maximum absolute atomic E-state index is 11.8. The number of amides is 1. The number of nitrogens with one attached hydrogen (secondary N) is 1. The summed E-state index contributed by atoms with van der Waals surface area (Å²) in [4.78, 5) is 18.1. The van der Waals surface area contributed by atoms with Crippen LogP contribution < -0.4 is 10.2 Å². The lowest BCUT2D eigenvalue weighted by atomic mass is 10.2. The predicted octanol–water partition coefficient (Wildman–Crippen LogP) is 2.07. The molecule has 0 unspecified atom stereocenters. The minimum Gasteiger partial charge on any atom is -0.372 e. The molecule has 4 heteroatoms.